The van der Waals surface area contributed by atoms with Gasteiger partial charge in [-0.1, -0.05) is 36.3 Å². The first-order valence-electron chi connectivity index (χ1n) is 9.01. The molecule has 9 heteroatoms. The molecule has 0 radical (unpaired) electrons. The largest absolute Gasteiger partial charge is 0.320 e. The van der Waals surface area contributed by atoms with Gasteiger partial charge in [0.05, 0.1) is 24.6 Å². The number of terminal acetylenes is 1. The number of aromatic nitrogens is 2. The number of hydrogen-bond acceptors (Lipinski definition) is 7. The Morgan fingerprint density at radius 2 is 2.11 bits per heavy atom. The molecule has 1 saturated heterocycles. The highest BCUT2D eigenvalue weighted by molar-refractivity contribution is 7.91. The second-order valence-electron chi connectivity index (χ2n) is 6.67. The van der Waals surface area contributed by atoms with Gasteiger partial charge in [-0.2, -0.15) is 0 Å². The number of nitrogens with zero attached hydrogens (tertiary/aromatic N) is 3. The van der Waals surface area contributed by atoms with Crippen molar-refractivity contribution in [3.8, 4) is 12.3 Å². The van der Waals surface area contributed by atoms with Crippen molar-refractivity contribution in [1.29, 1.82) is 0 Å². The summed E-state index contributed by atoms with van der Waals surface area (Å²) in [5, 5.41) is 11.8. The number of amides is 1. The fourth-order valence-electron chi connectivity index (χ4n) is 3.09. The Balaban J connectivity index is 1.64. The van der Waals surface area contributed by atoms with E-state index in [0.717, 1.165) is 6.42 Å². The average Bonchev–Trinajstić information content (AvgIpc) is 3.28. The van der Waals surface area contributed by atoms with Gasteiger partial charge >= 0.3 is 0 Å². The average molecular weight is 419 g/mol. The van der Waals surface area contributed by atoms with E-state index in [0.29, 0.717) is 30.2 Å². The Labute approximate surface area is 169 Å². The number of benzene rings is 1. The van der Waals surface area contributed by atoms with E-state index in [1.165, 1.54) is 16.9 Å². The Morgan fingerprint density at radius 1 is 1.36 bits per heavy atom. The molecule has 148 valence electrons. The highest BCUT2D eigenvalue weighted by atomic mass is 32.2. The van der Waals surface area contributed by atoms with Gasteiger partial charge in [0, 0.05) is 11.7 Å². The number of hydrogen-bond donors (Lipinski definition) is 1. The van der Waals surface area contributed by atoms with Crippen molar-refractivity contribution in [2.75, 3.05) is 23.4 Å². The van der Waals surface area contributed by atoms with Crippen LogP contribution in [0.2, 0.25) is 0 Å². The summed E-state index contributed by atoms with van der Waals surface area (Å²) >= 11 is 1.19. The Bertz CT molecular complexity index is 977. The molecule has 2 aromatic rings. The number of nitrogens with one attached hydrogen (secondary N) is 1. The fraction of sp³-hybridized carbons (Fsp3) is 0.421. The van der Waals surface area contributed by atoms with Crippen LogP contribution < -0.4 is 5.32 Å². The molecule has 7 nitrogen and oxygen atoms in total. The maximum Gasteiger partial charge on any atom is 0.286 e. The minimum absolute atomic E-state index is 0.106. The number of carbonyl (C=O) groups is 1. The summed E-state index contributed by atoms with van der Waals surface area (Å²) in [6, 6.07) is 7.52. The van der Waals surface area contributed by atoms with Crippen LogP contribution in [-0.2, 0) is 22.8 Å². The molecule has 1 atom stereocenters. The van der Waals surface area contributed by atoms with Gasteiger partial charge in [-0.05, 0) is 30.5 Å². The molecule has 1 amide bonds. The Hall–Kier alpha value is -2.28. The summed E-state index contributed by atoms with van der Waals surface area (Å²) in [6.07, 6.45) is 6.93. The van der Waals surface area contributed by atoms with Crippen LogP contribution in [0.5, 0.6) is 0 Å². The highest BCUT2D eigenvalue weighted by Gasteiger charge is 2.32. The van der Waals surface area contributed by atoms with Crippen LogP contribution in [0.4, 0.5) is 5.69 Å². The minimum atomic E-state index is -3.01. The third-order valence-electron chi connectivity index (χ3n) is 4.64. The first kappa shape index (κ1) is 20.5. The lowest BCUT2D eigenvalue weighted by Gasteiger charge is -2.24. The second kappa shape index (κ2) is 8.82. The van der Waals surface area contributed by atoms with E-state index in [-0.39, 0.29) is 28.5 Å². The zero-order valence-corrected chi connectivity index (χ0v) is 17.2. The molecule has 1 aliphatic rings. The molecule has 1 unspecified atom stereocenters. The summed E-state index contributed by atoms with van der Waals surface area (Å²) < 4.78 is 23.5. The van der Waals surface area contributed by atoms with Gasteiger partial charge in [0.2, 0.25) is 5.01 Å². The van der Waals surface area contributed by atoms with Gasteiger partial charge in [0.25, 0.3) is 5.91 Å². The topological polar surface area (TPSA) is 92.3 Å². The zero-order chi connectivity index (χ0) is 20.1. The van der Waals surface area contributed by atoms with Gasteiger partial charge < -0.3 is 5.32 Å². The third-order valence-corrected chi connectivity index (χ3v) is 7.30. The van der Waals surface area contributed by atoms with E-state index in [2.05, 4.69) is 28.4 Å². The van der Waals surface area contributed by atoms with Crippen LogP contribution in [0.25, 0.3) is 0 Å². The summed E-state index contributed by atoms with van der Waals surface area (Å²) in [5.74, 6) is 2.54. The van der Waals surface area contributed by atoms with E-state index >= 15 is 0 Å². The van der Waals surface area contributed by atoms with Crippen LogP contribution in [0.15, 0.2) is 24.3 Å². The Morgan fingerprint density at radius 3 is 2.71 bits per heavy atom. The van der Waals surface area contributed by atoms with Crippen molar-refractivity contribution < 1.29 is 13.2 Å². The van der Waals surface area contributed by atoms with Crippen molar-refractivity contribution in [2.45, 2.75) is 32.4 Å². The smallest absolute Gasteiger partial charge is 0.286 e. The van der Waals surface area contributed by atoms with Gasteiger partial charge in [-0.15, -0.1) is 16.6 Å². The van der Waals surface area contributed by atoms with Crippen LogP contribution in [-0.4, -0.2) is 53.5 Å². The normalized spacial score (nSPS) is 18.1. The number of anilines is 1. The van der Waals surface area contributed by atoms with Crippen molar-refractivity contribution in [2.24, 2.45) is 0 Å². The highest BCUT2D eigenvalue weighted by Crippen LogP contribution is 2.21. The zero-order valence-electron chi connectivity index (χ0n) is 15.6. The molecule has 1 fully saturated rings. The SMILES string of the molecule is C#CCN(Cc1nnc(C(=O)Nc2ccc(CC)cc2)s1)C1CCS(=O)(=O)C1. The van der Waals surface area contributed by atoms with E-state index in [4.69, 9.17) is 6.42 Å². The quantitative estimate of drug-likeness (QED) is 0.691. The van der Waals surface area contributed by atoms with E-state index in [9.17, 15) is 13.2 Å². The lowest BCUT2D eigenvalue weighted by molar-refractivity contribution is 0.102. The van der Waals surface area contributed by atoms with Gasteiger partial charge in [-0.3, -0.25) is 9.69 Å². The number of carbonyl (C=O) groups excluding carboxylic acids is 1. The van der Waals surface area contributed by atoms with Crippen LogP contribution in [0, 0.1) is 12.3 Å². The predicted octanol–water partition coefficient (Wildman–Crippen LogP) is 1.98. The molecular formula is C19H22N4O3S2. The molecule has 1 aliphatic heterocycles. The lowest BCUT2D eigenvalue weighted by Crippen LogP contribution is -2.36. The molecule has 3 rings (SSSR count). The monoisotopic (exact) mass is 418 g/mol. The molecule has 0 aliphatic carbocycles. The molecule has 1 N–H and O–H groups in total. The molecule has 28 heavy (non-hydrogen) atoms. The number of aryl methyl sites for hydroxylation is 1. The van der Waals surface area contributed by atoms with Crippen LogP contribution >= 0.6 is 11.3 Å². The molecule has 0 bridgehead atoms. The van der Waals surface area contributed by atoms with E-state index < -0.39 is 9.84 Å². The van der Waals surface area contributed by atoms with Crippen molar-refractivity contribution in [3.05, 3.63) is 39.8 Å². The van der Waals surface area contributed by atoms with E-state index in [1.807, 2.05) is 29.2 Å². The summed E-state index contributed by atoms with van der Waals surface area (Å²) in [4.78, 5) is 14.3. The summed E-state index contributed by atoms with van der Waals surface area (Å²) in [6.45, 7) is 2.77. The molecule has 0 spiro atoms. The number of sulfone groups is 1. The first-order valence-corrected chi connectivity index (χ1v) is 11.6. The number of rotatable bonds is 7. The second-order valence-corrected chi connectivity index (χ2v) is 9.96. The van der Waals surface area contributed by atoms with Gasteiger partial charge in [-0.25, -0.2) is 8.42 Å². The maximum atomic E-state index is 12.4. The van der Waals surface area contributed by atoms with Crippen LogP contribution in [0.1, 0.15) is 33.7 Å². The molecule has 1 aromatic heterocycles. The standard InChI is InChI=1S/C19H22N4O3S2/c1-3-10-23(16-9-11-28(25,26)13-16)12-17-21-22-19(27-17)18(24)20-15-7-5-14(4-2)6-8-15/h1,5-8,16H,4,9-13H2,2H3,(H,20,24). The molecule has 0 saturated carbocycles. The maximum absolute atomic E-state index is 12.4. The third kappa shape index (κ3) is 5.16. The Kier molecular flexibility index (Phi) is 6.44. The fourth-order valence-corrected chi connectivity index (χ4v) is 5.61. The summed E-state index contributed by atoms with van der Waals surface area (Å²) in [7, 11) is -3.01. The van der Waals surface area contributed by atoms with Crippen molar-refractivity contribution in [1.82, 2.24) is 15.1 Å². The lowest BCUT2D eigenvalue weighted by atomic mass is 10.1. The van der Waals surface area contributed by atoms with Crippen molar-refractivity contribution >= 4 is 32.8 Å². The van der Waals surface area contributed by atoms with Crippen LogP contribution in [0.3, 0.4) is 0 Å². The van der Waals surface area contributed by atoms with E-state index in [1.54, 1.807) is 0 Å². The predicted molar refractivity (Wildman–Crippen MR) is 110 cm³/mol. The first-order chi connectivity index (χ1) is 13.4. The molecule has 1 aromatic carbocycles. The van der Waals surface area contributed by atoms with Gasteiger partial charge in [0.15, 0.2) is 9.84 Å². The molecule has 2 heterocycles. The molecular weight excluding hydrogens is 396 g/mol. The summed E-state index contributed by atoms with van der Waals surface area (Å²) in [5.41, 5.74) is 1.89. The minimum Gasteiger partial charge on any atom is -0.320 e. The van der Waals surface area contributed by atoms with Gasteiger partial charge in [0.1, 0.15) is 5.01 Å². The van der Waals surface area contributed by atoms with Crippen molar-refractivity contribution in [3.63, 3.8) is 0 Å².